The second-order valence-corrected chi connectivity index (χ2v) is 10.6. The van der Waals surface area contributed by atoms with Crippen LogP contribution in [0.4, 0.5) is 0 Å². The van der Waals surface area contributed by atoms with Gasteiger partial charge in [0.05, 0.1) is 27.7 Å². The molecule has 1 amide bonds. The van der Waals surface area contributed by atoms with Crippen molar-refractivity contribution in [2.24, 2.45) is 4.99 Å². The molecule has 4 aromatic rings. The number of aromatic hydroxyl groups is 1. The fraction of sp³-hybridized carbons (Fsp3) is 0.400. The lowest BCUT2D eigenvalue weighted by Gasteiger charge is -2.23. The number of hydrogen-bond donors (Lipinski definition) is 5. The van der Waals surface area contributed by atoms with Gasteiger partial charge >= 0.3 is 5.69 Å². The third kappa shape index (κ3) is 5.20. The van der Waals surface area contributed by atoms with Gasteiger partial charge in [-0.3, -0.25) is 14.8 Å². The van der Waals surface area contributed by atoms with Crippen LogP contribution < -0.4 is 27.0 Å². The van der Waals surface area contributed by atoms with Gasteiger partial charge in [0.2, 0.25) is 5.88 Å². The Balaban J connectivity index is 1.30. The molecule has 0 radical (unpaired) electrons. The van der Waals surface area contributed by atoms with E-state index >= 15 is 0 Å². The van der Waals surface area contributed by atoms with Gasteiger partial charge in [0, 0.05) is 23.9 Å². The molecule has 192 valence electrons. The highest BCUT2D eigenvalue weighted by atomic mass is 32.1. The number of aromatic nitrogens is 5. The first-order valence-electron chi connectivity index (χ1n) is 12.6. The quantitative estimate of drug-likeness (QED) is 0.246. The molecule has 6 rings (SSSR count). The Bertz CT molecular complexity index is 1620. The summed E-state index contributed by atoms with van der Waals surface area (Å²) in [4.78, 5) is 40.3. The number of carbonyl (C=O) groups is 1. The molecule has 2 fully saturated rings. The van der Waals surface area contributed by atoms with E-state index in [0.717, 1.165) is 37.1 Å². The van der Waals surface area contributed by atoms with Crippen LogP contribution in [-0.4, -0.2) is 60.8 Å². The number of H-pyrrole nitrogens is 2. The van der Waals surface area contributed by atoms with Crippen LogP contribution in [0.5, 0.6) is 5.88 Å². The summed E-state index contributed by atoms with van der Waals surface area (Å²) in [5, 5.41) is 21.6. The summed E-state index contributed by atoms with van der Waals surface area (Å²) in [6, 6.07) is 6.36. The van der Waals surface area contributed by atoms with Crippen molar-refractivity contribution in [2.75, 3.05) is 13.1 Å². The van der Waals surface area contributed by atoms with Gasteiger partial charge in [-0.05, 0) is 56.9 Å². The van der Waals surface area contributed by atoms with Crippen LogP contribution in [0.15, 0.2) is 34.2 Å². The highest BCUT2D eigenvalue weighted by Crippen LogP contribution is 2.27. The fourth-order valence-corrected chi connectivity index (χ4v) is 5.42. The second-order valence-electron chi connectivity index (χ2n) is 9.54. The lowest BCUT2D eigenvalue weighted by atomic mass is 10.0. The molecular formula is C25H28N8O3S. The Morgan fingerprint density at radius 2 is 2.16 bits per heavy atom. The van der Waals surface area contributed by atoms with Gasteiger partial charge in [-0.1, -0.05) is 6.42 Å². The molecule has 2 aliphatic rings. The first-order valence-corrected chi connectivity index (χ1v) is 13.4. The number of nitrogens with one attached hydrogen (secondary N) is 4. The van der Waals surface area contributed by atoms with Gasteiger partial charge in [0.1, 0.15) is 5.69 Å². The minimum atomic E-state index is -0.502. The fourth-order valence-electron chi connectivity index (χ4n) is 4.54. The summed E-state index contributed by atoms with van der Waals surface area (Å²) in [5.41, 5.74) is 1.64. The van der Waals surface area contributed by atoms with Crippen molar-refractivity contribution >= 4 is 29.0 Å². The van der Waals surface area contributed by atoms with Crippen molar-refractivity contribution in [3.8, 4) is 16.5 Å². The Labute approximate surface area is 215 Å². The zero-order valence-corrected chi connectivity index (χ0v) is 21.0. The van der Waals surface area contributed by atoms with Crippen molar-refractivity contribution in [3.63, 3.8) is 0 Å². The van der Waals surface area contributed by atoms with E-state index in [0.29, 0.717) is 39.5 Å². The molecule has 1 aliphatic carbocycles. The average molecular weight is 521 g/mol. The van der Waals surface area contributed by atoms with Crippen molar-refractivity contribution < 1.29 is 9.90 Å². The average Bonchev–Trinajstić information content (AvgIpc) is 3.26. The molecule has 11 nitrogen and oxygen atoms in total. The van der Waals surface area contributed by atoms with Crippen molar-refractivity contribution in [1.82, 2.24) is 35.2 Å². The first-order chi connectivity index (χ1) is 18.0. The summed E-state index contributed by atoms with van der Waals surface area (Å²) in [7, 11) is 0. The van der Waals surface area contributed by atoms with E-state index < -0.39 is 5.69 Å². The maximum absolute atomic E-state index is 12.8. The topological polar surface area (TPSA) is 153 Å². The zero-order chi connectivity index (χ0) is 25.4. The highest BCUT2D eigenvalue weighted by Gasteiger charge is 2.21. The number of amides is 1. The van der Waals surface area contributed by atoms with Gasteiger partial charge < -0.3 is 20.7 Å². The first kappa shape index (κ1) is 23.6. The van der Waals surface area contributed by atoms with E-state index in [1.54, 1.807) is 16.8 Å². The van der Waals surface area contributed by atoms with Gasteiger partial charge in [0.15, 0.2) is 11.1 Å². The van der Waals surface area contributed by atoms with Gasteiger partial charge in [-0.2, -0.15) is 9.61 Å². The Hall–Kier alpha value is -3.77. The minimum Gasteiger partial charge on any atom is -0.493 e. The van der Waals surface area contributed by atoms with Crippen molar-refractivity contribution in [2.45, 2.75) is 50.6 Å². The van der Waals surface area contributed by atoms with Crippen LogP contribution in [0.25, 0.3) is 22.3 Å². The molecule has 1 unspecified atom stereocenters. The molecule has 1 aliphatic heterocycles. The van der Waals surface area contributed by atoms with Crippen LogP contribution in [0, 0.1) is 0 Å². The molecule has 4 aromatic heterocycles. The highest BCUT2D eigenvalue weighted by molar-refractivity contribution is 7.17. The predicted molar refractivity (Wildman–Crippen MR) is 139 cm³/mol. The van der Waals surface area contributed by atoms with Crippen LogP contribution >= 0.6 is 11.3 Å². The number of hydrogen-bond acceptors (Lipinski definition) is 8. The third-order valence-electron chi connectivity index (χ3n) is 6.65. The molecule has 12 heteroatoms. The SMILES string of the molecule is O=C(NCCC1CCCCN1)c1ccc(-c2cc(=NC3CC3)n3nc/c(=C/c4[nH]c(=O)[nH]c4O)c3n2)s1. The number of imidazole rings is 1. The van der Waals surface area contributed by atoms with Gasteiger partial charge in [0.25, 0.3) is 5.91 Å². The van der Waals surface area contributed by atoms with Crippen molar-refractivity contribution in [3.05, 3.63) is 56.2 Å². The monoisotopic (exact) mass is 520 g/mol. The number of piperidine rings is 1. The predicted octanol–water partition coefficient (Wildman–Crippen LogP) is 1.05. The number of aromatic amines is 2. The lowest BCUT2D eigenvalue weighted by Crippen LogP contribution is -2.37. The molecule has 1 atom stereocenters. The van der Waals surface area contributed by atoms with Crippen LogP contribution in [-0.2, 0) is 0 Å². The standard InChI is InChI=1S/C25H28N8O3S/c34-23-18(31-25(36)32-23)11-14-13-28-33-21(29-16-4-5-16)12-17(30-22(14)33)19-6-7-20(37-19)24(35)27-10-8-15-3-1-2-9-26-15/h6-7,11-13,15-16,26,34H,1-5,8-10H2,(H,27,35)(H2,31,32,36)/b14-11-,29-21?. The molecule has 37 heavy (non-hydrogen) atoms. The number of thiophene rings is 1. The summed E-state index contributed by atoms with van der Waals surface area (Å²) in [6.45, 7) is 1.70. The molecule has 1 saturated carbocycles. The van der Waals surface area contributed by atoms with E-state index in [1.165, 1.54) is 24.2 Å². The molecule has 0 spiro atoms. The Morgan fingerprint density at radius 3 is 2.92 bits per heavy atom. The van der Waals surface area contributed by atoms with Gasteiger partial charge in [-0.15, -0.1) is 11.3 Å². The molecular weight excluding hydrogens is 492 g/mol. The molecule has 0 aromatic carbocycles. The van der Waals surface area contributed by atoms with Gasteiger partial charge in [-0.25, -0.2) is 9.78 Å². The smallest absolute Gasteiger partial charge is 0.326 e. The second kappa shape index (κ2) is 9.94. The van der Waals surface area contributed by atoms with E-state index in [-0.39, 0.29) is 23.5 Å². The lowest BCUT2D eigenvalue weighted by molar-refractivity contribution is 0.0955. The zero-order valence-electron chi connectivity index (χ0n) is 20.2. The number of nitrogens with zero attached hydrogens (tertiary/aromatic N) is 4. The third-order valence-corrected chi connectivity index (χ3v) is 7.76. The summed E-state index contributed by atoms with van der Waals surface area (Å²) in [5.74, 6) is -0.335. The largest absolute Gasteiger partial charge is 0.493 e. The van der Waals surface area contributed by atoms with E-state index in [9.17, 15) is 14.7 Å². The molecule has 0 bridgehead atoms. The minimum absolute atomic E-state index is 0.0821. The number of rotatable bonds is 7. The molecule has 1 saturated heterocycles. The van der Waals surface area contributed by atoms with Crippen LogP contribution in [0.3, 0.4) is 0 Å². The van der Waals surface area contributed by atoms with E-state index in [4.69, 9.17) is 9.98 Å². The summed E-state index contributed by atoms with van der Waals surface area (Å²) >= 11 is 1.39. The normalized spacial score (nSPS) is 19.1. The van der Waals surface area contributed by atoms with Crippen LogP contribution in [0.2, 0.25) is 0 Å². The number of fused-ring (bicyclic) bond motifs is 1. The summed E-state index contributed by atoms with van der Waals surface area (Å²) in [6.07, 6.45) is 9.87. The summed E-state index contributed by atoms with van der Waals surface area (Å²) < 4.78 is 1.66. The maximum Gasteiger partial charge on any atom is 0.326 e. The Morgan fingerprint density at radius 1 is 1.27 bits per heavy atom. The van der Waals surface area contributed by atoms with E-state index in [1.807, 2.05) is 18.2 Å². The number of carbonyl (C=O) groups excluding carboxylic acids is 1. The van der Waals surface area contributed by atoms with Crippen LogP contribution in [0.1, 0.15) is 53.9 Å². The maximum atomic E-state index is 12.8. The Kier molecular flexibility index (Phi) is 6.35. The molecule has 5 N–H and O–H groups in total. The molecule has 5 heterocycles. The van der Waals surface area contributed by atoms with Crippen molar-refractivity contribution in [1.29, 1.82) is 0 Å². The van der Waals surface area contributed by atoms with E-state index in [2.05, 4.69) is 25.7 Å².